The molecule has 0 aliphatic carbocycles. The number of carbonyl (C=O) groups is 1. The van der Waals surface area contributed by atoms with Crippen LogP contribution in [-0.4, -0.2) is 19.1 Å². The Morgan fingerprint density at radius 3 is 2.50 bits per heavy atom. The Morgan fingerprint density at radius 1 is 1.32 bits per heavy atom. The lowest BCUT2D eigenvalue weighted by atomic mass is 9.92. The van der Waals surface area contributed by atoms with E-state index in [0.29, 0.717) is 12.2 Å². The summed E-state index contributed by atoms with van der Waals surface area (Å²) in [6.45, 7) is 9.27. The largest absolute Gasteiger partial charge is 0.462 e. The quantitative estimate of drug-likeness (QED) is 0.557. The molecular weight excluding hydrogens is 300 g/mol. The predicted molar refractivity (Wildman–Crippen MR) is 95.0 cm³/mol. The van der Waals surface area contributed by atoms with E-state index < -0.39 is 0 Å². The Kier molecular flexibility index (Phi) is 9.86. The zero-order valence-corrected chi connectivity index (χ0v) is 14.9. The number of hydrogen-bond acceptors (Lipinski definition) is 4. The van der Waals surface area contributed by atoms with Gasteiger partial charge in [-0.25, -0.2) is 4.79 Å². The first kappa shape index (κ1) is 20.7. The summed E-state index contributed by atoms with van der Waals surface area (Å²) in [7, 11) is 0. The summed E-state index contributed by atoms with van der Waals surface area (Å²) in [6, 6.07) is 3.59. The standard InChI is InChI=1S/C17H28N2O2.ClH/c1-5-8-11-19-15-10-9-14(17(20)21-7-3)16(12(4)18)13(15)6-2;/h9-10,12,19H,5-8,11,18H2,1-4H3;1H. The molecule has 0 heterocycles. The van der Waals surface area contributed by atoms with Crippen LogP contribution in [-0.2, 0) is 11.2 Å². The number of nitrogens with two attached hydrogens (primary N) is 1. The second-order valence-corrected chi connectivity index (χ2v) is 5.20. The number of nitrogens with one attached hydrogen (secondary N) is 1. The van der Waals surface area contributed by atoms with Gasteiger partial charge in [-0.2, -0.15) is 0 Å². The van der Waals surface area contributed by atoms with Crippen LogP contribution < -0.4 is 11.1 Å². The number of halogens is 1. The SMILES string of the molecule is CCCCNc1ccc(C(=O)OCC)c(C(C)N)c1CC.Cl. The molecule has 4 nitrogen and oxygen atoms in total. The van der Waals surface area contributed by atoms with E-state index in [1.54, 1.807) is 0 Å². The summed E-state index contributed by atoms with van der Waals surface area (Å²) in [6.07, 6.45) is 3.10. The van der Waals surface area contributed by atoms with Crippen LogP contribution in [0.25, 0.3) is 0 Å². The van der Waals surface area contributed by atoms with Crippen LogP contribution in [0.4, 0.5) is 5.69 Å². The van der Waals surface area contributed by atoms with Gasteiger partial charge in [0.25, 0.3) is 0 Å². The maximum atomic E-state index is 12.1. The van der Waals surface area contributed by atoms with Crippen LogP contribution in [0.1, 0.15) is 68.1 Å². The molecule has 0 fully saturated rings. The third-order valence-electron chi connectivity index (χ3n) is 3.51. The van der Waals surface area contributed by atoms with Crippen LogP contribution in [0, 0.1) is 0 Å². The minimum absolute atomic E-state index is 0. The molecule has 0 amide bonds. The molecule has 0 spiro atoms. The number of esters is 1. The lowest BCUT2D eigenvalue weighted by Crippen LogP contribution is -2.18. The topological polar surface area (TPSA) is 64.3 Å². The fraction of sp³-hybridized carbons (Fsp3) is 0.588. The number of benzene rings is 1. The number of unbranched alkanes of at least 4 members (excludes halogenated alkanes) is 1. The molecule has 0 aliphatic heterocycles. The molecule has 1 rings (SSSR count). The molecule has 0 saturated heterocycles. The summed E-state index contributed by atoms with van der Waals surface area (Å²) < 4.78 is 5.14. The van der Waals surface area contributed by atoms with E-state index in [-0.39, 0.29) is 24.4 Å². The molecule has 1 atom stereocenters. The highest BCUT2D eigenvalue weighted by Gasteiger charge is 2.20. The fourth-order valence-electron chi connectivity index (χ4n) is 2.52. The van der Waals surface area contributed by atoms with Gasteiger partial charge in [0.2, 0.25) is 0 Å². The Labute approximate surface area is 140 Å². The van der Waals surface area contributed by atoms with Crippen molar-refractivity contribution in [3.8, 4) is 0 Å². The van der Waals surface area contributed by atoms with E-state index in [2.05, 4.69) is 19.2 Å². The molecule has 0 aliphatic rings. The van der Waals surface area contributed by atoms with Gasteiger partial charge in [-0.1, -0.05) is 20.3 Å². The van der Waals surface area contributed by atoms with Crippen molar-refractivity contribution in [2.75, 3.05) is 18.5 Å². The van der Waals surface area contributed by atoms with Gasteiger partial charge in [-0.05, 0) is 49.9 Å². The van der Waals surface area contributed by atoms with Gasteiger partial charge in [0.1, 0.15) is 0 Å². The Hall–Kier alpha value is -1.26. The Morgan fingerprint density at radius 2 is 2.00 bits per heavy atom. The number of ether oxygens (including phenoxy) is 1. The van der Waals surface area contributed by atoms with E-state index >= 15 is 0 Å². The van der Waals surface area contributed by atoms with Crippen molar-refractivity contribution in [3.05, 3.63) is 28.8 Å². The fourth-order valence-corrected chi connectivity index (χ4v) is 2.52. The summed E-state index contributed by atoms with van der Waals surface area (Å²) >= 11 is 0. The van der Waals surface area contributed by atoms with Crippen molar-refractivity contribution in [2.45, 2.75) is 53.0 Å². The highest BCUT2D eigenvalue weighted by molar-refractivity contribution is 5.92. The van der Waals surface area contributed by atoms with Gasteiger partial charge < -0.3 is 15.8 Å². The predicted octanol–water partition coefficient (Wildman–Crippen LogP) is 4.08. The third-order valence-corrected chi connectivity index (χ3v) is 3.51. The van der Waals surface area contributed by atoms with Crippen LogP contribution >= 0.6 is 12.4 Å². The van der Waals surface area contributed by atoms with Gasteiger partial charge in [0, 0.05) is 18.3 Å². The summed E-state index contributed by atoms with van der Waals surface area (Å²) in [5.41, 5.74) is 9.79. The number of anilines is 1. The molecule has 1 aromatic carbocycles. The zero-order valence-electron chi connectivity index (χ0n) is 14.1. The van der Waals surface area contributed by atoms with E-state index in [9.17, 15) is 4.79 Å². The maximum Gasteiger partial charge on any atom is 0.338 e. The second kappa shape index (κ2) is 10.5. The minimum atomic E-state index is -0.292. The van der Waals surface area contributed by atoms with Crippen molar-refractivity contribution in [3.63, 3.8) is 0 Å². The summed E-state index contributed by atoms with van der Waals surface area (Å²) in [5.74, 6) is -0.292. The van der Waals surface area contributed by atoms with Crippen molar-refractivity contribution in [2.24, 2.45) is 5.73 Å². The second-order valence-electron chi connectivity index (χ2n) is 5.20. The molecule has 0 saturated carbocycles. The molecule has 0 bridgehead atoms. The average molecular weight is 329 g/mol. The lowest BCUT2D eigenvalue weighted by molar-refractivity contribution is 0.0524. The van der Waals surface area contributed by atoms with Crippen LogP contribution in [0.3, 0.4) is 0 Å². The minimum Gasteiger partial charge on any atom is -0.462 e. The first-order valence-corrected chi connectivity index (χ1v) is 7.89. The van der Waals surface area contributed by atoms with Gasteiger partial charge in [0.05, 0.1) is 12.2 Å². The van der Waals surface area contributed by atoms with E-state index in [0.717, 1.165) is 42.6 Å². The van der Waals surface area contributed by atoms with Crippen LogP contribution in [0.2, 0.25) is 0 Å². The molecule has 22 heavy (non-hydrogen) atoms. The van der Waals surface area contributed by atoms with Crippen LogP contribution in [0.5, 0.6) is 0 Å². The summed E-state index contributed by atoms with van der Waals surface area (Å²) in [4.78, 5) is 12.1. The summed E-state index contributed by atoms with van der Waals surface area (Å²) in [5, 5.41) is 3.45. The van der Waals surface area contributed by atoms with E-state index in [1.807, 2.05) is 26.0 Å². The lowest BCUT2D eigenvalue weighted by Gasteiger charge is -2.20. The molecule has 0 aromatic heterocycles. The van der Waals surface area contributed by atoms with Crippen molar-refractivity contribution < 1.29 is 9.53 Å². The Balaban J connectivity index is 0.00000441. The highest BCUT2D eigenvalue weighted by Crippen LogP contribution is 2.29. The van der Waals surface area contributed by atoms with Gasteiger partial charge in [-0.15, -0.1) is 12.4 Å². The molecule has 1 aromatic rings. The number of rotatable bonds is 8. The molecule has 0 radical (unpaired) electrons. The molecule has 126 valence electrons. The van der Waals surface area contributed by atoms with Crippen molar-refractivity contribution in [1.82, 2.24) is 0 Å². The first-order valence-electron chi connectivity index (χ1n) is 7.89. The number of carbonyl (C=O) groups excluding carboxylic acids is 1. The normalized spacial score (nSPS) is 11.5. The molecule has 1 unspecified atom stereocenters. The van der Waals surface area contributed by atoms with Gasteiger partial charge in [0.15, 0.2) is 0 Å². The van der Waals surface area contributed by atoms with E-state index in [1.165, 1.54) is 0 Å². The van der Waals surface area contributed by atoms with Crippen molar-refractivity contribution in [1.29, 1.82) is 0 Å². The van der Waals surface area contributed by atoms with Crippen molar-refractivity contribution >= 4 is 24.1 Å². The monoisotopic (exact) mass is 328 g/mol. The zero-order chi connectivity index (χ0) is 15.8. The first-order chi connectivity index (χ1) is 10.1. The maximum absolute atomic E-state index is 12.1. The van der Waals surface area contributed by atoms with Gasteiger partial charge in [-0.3, -0.25) is 0 Å². The molecule has 5 heteroatoms. The third kappa shape index (κ3) is 5.18. The number of hydrogen-bond donors (Lipinski definition) is 2. The molecular formula is C17H29ClN2O2. The Bertz CT molecular complexity index is 476. The van der Waals surface area contributed by atoms with Gasteiger partial charge >= 0.3 is 5.97 Å². The van der Waals surface area contributed by atoms with E-state index in [4.69, 9.17) is 10.5 Å². The average Bonchev–Trinajstić information content (AvgIpc) is 2.46. The van der Waals surface area contributed by atoms with Crippen LogP contribution in [0.15, 0.2) is 12.1 Å². The highest BCUT2D eigenvalue weighted by atomic mass is 35.5. The smallest absolute Gasteiger partial charge is 0.338 e. The molecule has 3 N–H and O–H groups in total.